The lowest BCUT2D eigenvalue weighted by atomic mass is 9.58. The fourth-order valence-corrected chi connectivity index (χ4v) is 5.55. The Labute approximate surface area is 189 Å². The van der Waals surface area contributed by atoms with Crippen molar-refractivity contribution in [1.29, 1.82) is 0 Å². The molecule has 0 unspecified atom stereocenters. The van der Waals surface area contributed by atoms with Crippen molar-refractivity contribution in [3.05, 3.63) is 29.3 Å². The number of carbonyl (C=O) groups is 1. The number of piperidine rings is 1. The first-order chi connectivity index (χ1) is 14.4. The number of rotatable bonds is 7. The highest BCUT2D eigenvalue weighted by atomic mass is 16.5. The minimum atomic E-state index is -0.113. The molecule has 0 amide bonds. The van der Waals surface area contributed by atoms with Gasteiger partial charge in [-0.05, 0) is 108 Å². The normalized spacial score (nSPS) is 29.1. The fraction of sp³-hybridized carbons (Fsp3) is 0.741. The molecule has 1 aliphatic heterocycles. The van der Waals surface area contributed by atoms with Crippen LogP contribution in [0.4, 0.5) is 5.69 Å². The molecule has 3 atom stereocenters. The van der Waals surface area contributed by atoms with Crippen molar-refractivity contribution < 1.29 is 9.53 Å². The van der Waals surface area contributed by atoms with Crippen LogP contribution in [0.3, 0.4) is 0 Å². The summed E-state index contributed by atoms with van der Waals surface area (Å²) in [4.78, 5) is 16.0. The molecule has 0 aromatic heterocycles. The van der Waals surface area contributed by atoms with Gasteiger partial charge in [-0.1, -0.05) is 13.8 Å². The summed E-state index contributed by atoms with van der Waals surface area (Å²) < 4.78 is 5.94. The molecular formula is C27H42N2O2. The van der Waals surface area contributed by atoms with E-state index in [1.807, 2.05) is 0 Å². The third kappa shape index (κ3) is 4.71. The number of anilines is 1. The molecule has 1 heterocycles. The number of nitrogens with zero attached hydrogens (tertiary/aromatic N) is 1. The Balaban J connectivity index is 1.54. The summed E-state index contributed by atoms with van der Waals surface area (Å²) in [7, 11) is 0. The van der Waals surface area contributed by atoms with E-state index in [9.17, 15) is 4.79 Å². The topological polar surface area (TPSA) is 41.6 Å². The molecular weight excluding hydrogens is 384 g/mol. The minimum absolute atomic E-state index is 0.0525. The van der Waals surface area contributed by atoms with E-state index in [0.717, 1.165) is 49.7 Å². The van der Waals surface area contributed by atoms with Gasteiger partial charge in [-0.15, -0.1) is 0 Å². The SMILES string of the molecule is C[C@H]1[C@H]2C(=O)c3ccc(NC(C)(C)CCOC(C)(C)C)cc3[C@@]1(C)CCN2CC1CC1. The van der Waals surface area contributed by atoms with E-state index >= 15 is 0 Å². The van der Waals surface area contributed by atoms with E-state index in [-0.39, 0.29) is 22.6 Å². The van der Waals surface area contributed by atoms with E-state index in [0.29, 0.717) is 11.7 Å². The average molecular weight is 427 g/mol. The number of ketones is 1. The molecule has 4 rings (SSSR count). The second kappa shape index (κ2) is 7.88. The molecule has 2 bridgehead atoms. The van der Waals surface area contributed by atoms with E-state index in [4.69, 9.17) is 4.74 Å². The van der Waals surface area contributed by atoms with Crippen LogP contribution in [-0.4, -0.2) is 47.6 Å². The van der Waals surface area contributed by atoms with Gasteiger partial charge in [0.1, 0.15) is 0 Å². The van der Waals surface area contributed by atoms with E-state index in [1.54, 1.807) is 0 Å². The smallest absolute Gasteiger partial charge is 0.180 e. The molecule has 2 fully saturated rings. The lowest BCUT2D eigenvalue weighted by Gasteiger charge is -2.53. The van der Waals surface area contributed by atoms with Crippen LogP contribution in [0.25, 0.3) is 0 Å². The first kappa shape index (κ1) is 22.8. The van der Waals surface area contributed by atoms with Gasteiger partial charge >= 0.3 is 0 Å². The Morgan fingerprint density at radius 3 is 2.55 bits per heavy atom. The molecule has 2 aliphatic carbocycles. The van der Waals surface area contributed by atoms with E-state index in [2.05, 4.69) is 76.9 Å². The van der Waals surface area contributed by atoms with Gasteiger partial charge in [-0.25, -0.2) is 0 Å². The van der Waals surface area contributed by atoms with Gasteiger partial charge in [0.2, 0.25) is 0 Å². The molecule has 4 heteroatoms. The molecule has 1 saturated heterocycles. The molecule has 1 aromatic carbocycles. The van der Waals surface area contributed by atoms with Gasteiger partial charge in [0.15, 0.2) is 5.78 Å². The quantitative estimate of drug-likeness (QED) is 0.611. The van der Waals surface area contributed by atoms with Crippen LogP contribution in [0.15, 0.2) is 18.2 Å². The van der Waals surface area contributed by atoms with Crippen molar-refractivity contribution in [3.63, 3.8) is 0 Å². The average Bonchev–Trinajstić information content (AvgIpc) is 3.46. The predicted molar refractivity (Wildman–Crippen MR) is 128 cm³/mol. The van der Waals surface area contributed by atoms with Crippen LogP contribution >= 0.6 is 0 Å². The van der Waals surface area contributed by atoms with Gasteiger partial charge in [-0.2, -0.15) is 0 Å². The molecule has 0 radical (unpaired) electrons. The van der Waals surface area contributed by atoms with Crippen molar-refractivity contribution in [1.82, 2.24) is 4.90 Å². The molecule has 172 valence electrons. The summed E-state index contributed by atoms with van der Waals surface area (Å²) in [6.07, 6.45) is 4.73. The lowest BCUT2D eigenvalue weighted by molar-refractivity contribution is -0.00846. The molecule has 3 aliphatic rings. The summed E-state index contributed by atoms with van der Waals surface area (Å²) in [6, 6.07) is 6.50. The summed E-state index contributed by atoms with van der Waals surface area (Å²) in [5, 5.41) is 3.72. The summed E-state index contributed by atoms with van der Waals surface area (Å²) in [5.41, 5.74) is 3.17. The zero-order valence-corrected chi connectivity index (χ0v) is 20.7. The third-order valence-electron chi connectivity index (χ3n) is 7.89. The Morgan fingerprint density at radius 2 is 1.90 bits per heavy atom. The summed E-state index contributed by atoms with van der Waals surface area (Å²) >= 11 is 0. The highest BCUT2D eigenvalue weighted by Gasteiger charge is 2.52. The van der Waals surface area contributed by atoms with Gasteiger partial charge in [-0.3, -0.25) is 9.69 Å². The fourth-order valence-electron chi connectivity index (χ4n) is 5.55. The maximum Gasteiger partial charge on any atom is 0.180 e. The number of Topliss-reactive ketones (excluding diaryl/α,β-unsaturated/α-hetero) is 1. The molecule has 4 nitrogen and oxygen atoms in total. The lowest BCUT2D eigenvalue weighted by Crippen LogP contribution is -2.61. The highest BCUT2D eigenvalue weighted by molar-refractivity contribution is 6.04. The maximum atomic E-state index is 13.5. The Kier molecular flexibility index (Phi) is 5.79. The highest BCUT2D eigenvalue weighted by Crippen LogP contribution is 2.50. The van der Waals surface area contributed by atoms with Crippen molar-refractivity contribution in [2.75, 3.05) is 25.0 Å². The van der Waals surface area contributed by atoms with Gasteiger partial charge in [0, 0.05) is 29.9 Å². The summed E-state index contributed by atoms with van der Waals surface area (Å²) in [5.74, 6) is 1.51. The Morgan fingerprint density at radius 1 is 1.19 bits per heavy atom. The van der Waals surface area contributed by atoms with Crippen LogP contribution in [0.2, 0.25) is 0 Å². The largest absolute Gasteiger partial charge is 0.380 e. The number of likely N-dealkylation sites (tertiary alicyclic amines) is 1. The number of nitrogens with one attached hydrogen (secondary N) is 1. The number of ether oxygens (including phenoxy) is 1. The van der Waals surface area contributed by atoms with Crippen molar-refractivity contribution in [2.24, 2.45) is 11.8 Å². The first-order valence-corrected chi connectivity index (χ1v) is 12.2. The van der Waals surface area contributed by atoms with Crippen LogP contribution < -0.4 is 5.32 Å². The molecule has 0 spiro atoms. The van der Waals surface area contributed by atoms with Crippen LogP contribution in [0.5, 0.6) is 0 Å². The zero-order valence-electron chi connectivity index (χ0n) is 20.7. The molecule has 1 N–H and O–H groups in total. The van der Waals surface area contributed by atoms with E-state index in [1.165, 1.54) is 18.4 Å². The van der Waals surface area contributed by atoms with Crippen LogP contribution in [0.1, 0.15) is 90.1 Å². The number of fused-ring (bicyclic) bond motifs is 4. The molecule has 1 saturated carbocycles. The van der Waals surface area contributed by atoms with Crippen molar-refractivity contribution >= 4 is 11.5 Å². The van der Waals surface area contributed by atoms with Crippen LogP contribution in [0, 0.1) is 11.8 Å². The second-order valence-corrected chi connectivity index (χ2v) is 12.2. The van der Waals surface area contributed by atoms with Crippen molar-refractivity contribution in [3.8, 4) is 0 Å². The number of hydrogen-bond donors (Lipinski definition) is 1. The van der Waals surface area contributed by atoms with Crippen molar-refractivity contribution in [2.45, 2.75) is 96.7 Å². The summed E-state index contributed by atoms with van der Waals surface area (Å²) in [6.45, 7) is 18.3. The van der Waals surface area contributed by atoms with Gasteiger partial charge in [0.25, 0.3) is 0 Å². The monoisotopic (exact) mass is 426 g/mol. The first-order valence-electron chi connectivity index (χ1n) is 12.2. The van der Waals surface area contributed by atoms with E-state index < -0.39 is 0 Å². The molecule has 31 heavy (non-hydrogen) atoms. The van der Waals surface area contributed by atoms with Crippen LogP contribution in [-0.2, 0) is 10.2 Å². The van der Waals surface area contributed by atoms with Gasteiger partial charge < -0.3 is 10.1 Å². The number of hydrogen-bond acceptors (Lipinski definition) is 4. The Hall–Kier alpha value is -1.39. The zero-order chi connectivity index (χ0) is 22.6. The third-order valence-corrected chi connectivity index (χ3v) is 7.89. The molecule has 1 aromatic rings. The second-order valence-electron chi connectivity index (χ2n) is 12.2. The predicted octanol–water partition coefficient (Wildman–Crippen LogP) is 5.66. The number of benzene rings is 1. The number of carbonyl (C=O) groups excluding carboxylic acids is 1. The maximum absolute atomic E-state index is 13.5. The minimum Gasteiger partial charge on any atom is -0.380 e. The Bertz CT molecular complexity index is 836. The van der Waals surface area contributed by atoms with Gasteiger partial charge in [0.05, 0.1) is 11.6 Å². The standard InChI is InChI=1S/C27H42N2O2/c1-18-23-24(30)21-11-10-20(28-26(5,6)13-15-31-25(2,3)4)16-22(21)27(18,7)12-14-29(23)17-19-8-9-19/h10-11,16,18-19,23,28H,8-9,12-15,17H2,1-7H3/t18-,23-,27-/m0/s1.